The van der Waals surface area contributed by atoms with Gasteiger partial charge in [-0.05, 0) is 31.5 Å². The third kappa shape index (κ3) is 2.14. The Hall–Kier alpha value is -1.75. The van der Waals surface area contributed by atoms with Gasteiger partial charge in [0, 0.05) is 26.7 Å². The van der Waals surface area contributed by atoms with Crippen molar-refractivity contribution in [3.05, 3.63) is 28.7 Å². The van der Waals surface area contributed by atoms with Gasteiger partial charge in [-0.2, -0.15) is 0 Å². The summed E-state index contributed by atoms with van der Waals surface area (Å²) in [7, 11) is 3.58. The predicted octanol–water partition coefficient (Wildman–Crippen LogP) is 1.01. The number of rotatable bonds is 2. The Morgan fingerprint density at radius 2 is 2.05 bits per heavy atom. The van der Waals surface area contributed by atoms with Gasteiger partial charge in [-0.25, -0.2) is 4.79 Å². The van der Waals surface area contributed by atoms with E-state index in [2.05, 4.69) is 5.32 Å². The molecule has 0 bridgehead atoms. The lowest BCUT2D eigenvalue weighted by molar-refractivity contribution is 0.167. The molecular weight excluding hydrogens is 242 g/mol. The maximum absolute atomic E-state index is 11.9. The van der Waals surface area contributed by atoms with Crippen LogP contribution >= 0.6 is 0 Å². The third-order valence-corrected chi connectivity index (χ3v) is 3.80. The molecule has 1 aromatic heterocycles. The second-order valence-corrected chi connectivity index (χ2v) is 5.14. The van der Waals surface area contributed by atoms with Crippen LogP contribution in [-0.2, 0) is 14.1 Å². The number of ether oxygens (including phenoxy) is 1. The molecule has 1 aliphatic rings. The predicted molar refractivity (Wildman–Crippen MR) is 74.7 cm³/mol. The molecule has 0 aliphatic carbocycles. The minimum absolute atomic E-state index is 0.00789. The second-order valence-electron chi connectivity index (χ2n) is 5.14. The lowest BCUT2D eigenvalue weighted by atomic mass is 10.1. The first kappa shape index (κ1) is 12.3. The summed E-state index contributed by atoms with van der Waals surface area (Å²) in [5.41, 5.74) is 1.84. The van der Waals surface area contributed by atoms with E-state index in [0.29, 0.717) is 0 Å². The summed E-state index contributed by atoms with van der Waals surface area (Å²) >= 11 is 0. The van der Waals surface area contributed by atoms with Gasteiger partial charge in [-0.15, -0.1) is 0 Å². The summed E-state index contributed by atoms with van der Waals surface area (Å²) in [6, 6.07) is 5.84. The maximum atomic E-state index is 11.9. The fourth-order valence-electron chi connectivity index (χ4n) is 2.67. The largest absolute Gasteiger partial charge is 0.489 e. The van der Waals surface area contributed by atoms with E-state index in [1.807, 2.05) is 18.2 Å². The average Bonchev–Trinajstić information content (AvgIpc) is 2.65. The van der Waals surface area contributed by atoms with Crippen molar-refractivity contribution in [3.8, 4) is 5.75 Å². The molecule has 1 aromatic carbocycles. The van der Waals surface area contributed by atoms with Gasteiger partial charge in [0.05, 0.1) is 11.0 Å². The summed E-state index contributed by atoms with van der Waals surface area (Å²) in [5, 5.41) is 3.33. The highest BCUT2D eigenvalue weighted by molar-refractivity contribution is 5.77. The molecule has 0 unspecified atom stereocenters. The summed E-state index contributed by atoms with van der Waals surface area (Å²) in [6.45, 7) is 1.97. The molecule has 0 radical (unpaired) electrons. The Kier molecular flexibility index (Phi) is 3.06. The molecule has 0 spiro atoms. The van der Waals surface area contributed by atoms with Gasteiger partial charge in [0.2, 0.25) is 0 Å². The normalized spacial score (nSPS) is 19.8. The van der Waals surface area contributed by atoms with Gasteiger partial charge in [-0.1, -0.05) is 0 Å². The zero-order chi connectivity index (χ0) is 13.4. The molecule has 1 aliphatic heterocycles. The van der Waals surface area contributed by atoms with Crippen molar-refractivity contribution in [1.82, 2.24) is 14.5 Å². The van der Waals surface area contributed by atoms with Crippen molar-refractivity contribution in [1.29, 1.82) is 0 Å². The minimum Gasteiger partial charge on any atom is -0.489 e. The van der Waals surface area contributed by atoms with Crippen molar-refractivity contribution in [2.45, 2.75) is 18.9 Å². The van der Waals surface area contributed by atoms with E-state index in [0.717, 1.165) is 42.7 Å². The summed E-state index contributed by atoms with van der Waals surface area (Å²) in [4.78, 5) is 11.9. The molecule has 1 atom stereocenters. The molecule has 3 rings (SSSR count). The Balaban J connectivity index is 1.93. The topological polar surface area (TPSA) is 48.2 Å². The zero-order valence-corrected chi connectivity index (χ0v) is 11.3. The fourth-order valence-corrected chi connectivity index (χ4v) is 2.67. The van der Waals surface area contributed by atoms with E-state index >= 15 is 0 Å². The lowest BCUT2D eigenvalue weighted by Gasteiger charge is -2.23. The Morgan fingerprint density at radius 3 is 2.79 bits per heavy atom. The van der Waals surface area contributed by atoms with E-state index in [-0.39, 0.29) is 11.8 Å². The molecule has 2 heterocycles. The van der Waals surface area contributed by atoms with Crippen LogP contribution in [0, 0.1) is 0 Å². The number of aromatic nitrogens is 2. The first-order valence-electron chi connectivity index (χ1n) is 6.69. The molecule has 1 N–H and O–H groups in total. The van der Waals surface area contributed by atoms with Crippen molar-refractivity contribution < 1.29 is 4.74 Å². The number of hydrogen-bond donors (Lipinski definition) is 1. The van der Waals surface area contributed by atoms with Crippen LogP contribution in [0.5, 0.6) is 5.75 Å². The first-order chi connectivity index (χ1) is 9.16. The van der Waals surface area contributed by atoms with E-state index in [1.54, 1.807) is 23.2 Å². The molecule has 102 valence electrons. The molecule has 1 saturated heterocycles. The minimum atomic E-state index is -0.00789. The molecule has 19 heavy (non-hydrogen) atoms. The van der Waals surface area contributed by atoms with Gasteiger partial charge >= 0.3 is 5.69 Å². The number of piperidine rings is 1. The highest BCUT2D eigenvalue weighted by Gasteiger charge is 2.15. The van der Waals surface area contributed by atoms with Crippen LogP contribution in [0.3, 0.4) is 0 Å². The number of fused-ring (bicyclic) bond motifs is 1. The molecule has 5 heteroatoms. The maximum Gasteiger partial charge on any atom is 0.328 e. The smallest absolute Gasteiger partial charge is 0.328 e. The molecule has 0 amide bonds. The van der Waals surface area contributed by atoms with Crippen LogP contribution in [0.25, 0.3) is 11.0 Å². The van der Waals surface area contributed by atoms with Crippen molar-refractivity contribution in [3.63, 3.8) is 0 Å². The second kappa shape index (κ2) is 4.74. The summed E-state index contributed by atoms with van der Waals surface area (Å²) in [6.07, 6.45) is 2.46. The summed E-state index contributed by atoms with van der Waals surface area (Å²) in [5.74, 6) is 0.836. The SMILES string of the molecule is Cn1c(=O)n(C)c2cc(O[C@H]3CCCNC3)ccc21. The number of nitrogens with zero attached hydrogens (tertiary/aromatic N) is 2. The van der Waals surface area contributed by atoms with Crippen LogP contribution in [0.4, 0.5) is 0 Å². The van der Waals surface area contributed by atoms with Gasteiger partial charge in [0.25, 0.3) is 0 Å². The molecule has 2 aromatic rings. The van der Waals surface area contributed by atoms with Crippen LogP contribution in [0.15, 0.2) is 23.0 Å². The summed E-state index contributed by atoms with van der Waals surface area (Å²) < 4.78 is 9.29. The van der Waals surface area contributed by atoms with Gasteiger partial charge in [-0.3, -0.25) is 9.13 Å². The van der Waals surface area contributed by atoms with E-state index < -0.39 is 0 Å². The standard InChI is InChI=1S/C14H19N3O2/c1-16-12-6-5-10(8-13(12)17(2)14(16)18)19-11-4-3-7-15-9-11/h5-6,8,11,15H,3-4,7,9H2,1-2H3/t11-/m0/s1. The molecule has 1 fully saturated rings. The quantitative estimate of drug-likeness (QED) is 0.877. The Morgan fingerprint density at radius 1 is 1.26 bits per heavy atom. The van der Waals surface area contributed by atoms with Crippen LogP contribution in [0.2, 0.25) is 0 Å². The molecule has 5 nitrogen and oxygen atoms in total. The highest BCUT2D eigenvalue weighted by Crippen LogP contribution is 2.21. The van der Waals surface area contributed by atoms with Crippen LogP contribution < -0.4 is 15.7 Å². The van der Waals surface area contributed by atoms with E-state index in [1.165, 1.54) is 0 Å². The number of aryl methyl sites for hydroxylation is 2. The van der Waals surface area contributed by atoms with Gasteiger partial charge in [0.15, 0.2) is 0 Å². The zero-order valence-electron chi connectivity index (χ0n) is 11.3. The first-order valence-corrected chi connectivity index (χ1v) is 6.69. The van der Waals surface area contributed by atoms with E-state index in [4.69, 9.17) is 4.74 Å². The third-order valence-electron chi connectivity index (χ3n) is 3.80. The van der Waals surface area contributed by atoms with Crippen LogP contribution in [0.1, 0.15) is 12.8 Å². The molecule has 0 saturated carbocycles. The van der Waals surface area contributed by atoms with E-state index in [9.17, 15) is 4.79 Å². The number of imidazole rings is 1. The van der Waals surface area contributed by atoms with Gasteiger partial charge in [0.1, 0.15) is 11.9 Å². The monoisotopic (exact) mass is 261 g/mol. The molecular formula is C14H19N3O2. The number of nitrogens with one attached hydrogen (secondary N) is 1. The highest BCUT2D eigenvalue weighted by atomic mass is 16.5. The van der Waals surface area contributed by atoms with Crippen LogP contribution in [-0.4, -0.2) is 28.3 Å². The van der Waals surface area contributed by atoms with Crippen molar-refractivity contribution in [2.75, 3.05) is 13.1 Å². The number of hydrogen-bond acceptors (Lipinski definition) is 3. The van der Waals surface area contributed by atoms with Gasteiger partial charge < -0.3 is 10.1 Å². The van der Waals surface area contributed by atoms with Crippen molar-refractivity contribution in [2.24, 2.45) is 14.1 Å². The average molecular weight is 261 g/mol. The Labute approximate surface area is 111 Å². The van der Waals surface area contributed by atoms with Crippen molar-refractivity contribution >= 4 is 11.0 Å². The number of benzene rings is 1. The fraction of sp³-hybridized carbons (Fsp3) is 0.500. The Bertz CT molecular complexity index is 650. The lowest BCUT2D eigenvalue weighted by Crippen LogP contribution is -2.37.